The quantitative estimate of drug-likeness (QED) is 0.693. The van der Waals surface area contributed by atoms with E-state index in [0.29, 0.717) is 0 Å². The van der Waals surface area contributed by atoms with Crippen LogP contribution < -0.4 is 0 Å². The van der Waals surface area contributed by atoms with Crippen LogP contribution in [0.25, 0.3) is 0 Å². The molecule has 0 aliphatic carbocycles. The SMILES string of the molecule is CC.CCCCN(C)CC(=O)O. The molecule has 0 saturated carbocycles. The second-order valence-electron chi connectivity index (χ2n) is 2.49. The first-order valence-electron chi connectivity index (χ1n) is 4.57. The van der Waals surface area contributed by atoms with Gasteiger partial charge in [0.2, 0.25) is 0 Å². The molecule has 0 aromatic rings. The van der Waals surface area contributed by atoms with Crippen LogP contribution in [0.1, 0.15) is 33.6 Å². The van der Waals surface area contributed by atoms with E-state index in [4.69, 9.17) is 5.11 Å². The molecule has 74 valence electrons. The summed E-state index contributed by atoms with van der Waals surface area (Å²) in [6.07, 6.45) is 2.19. The lowest BCUT2D eigenvalue weighted by molar-refractivity contribution is -0.137. The van der Waals surface area contributed by atoms with E-state index < -0.39 is 5.97 Å². The largest absolute Gasteiger partial charge is 0.480 e. The Morgan fingerprint density at radius 1 is 1.42 bits per heavy atom. The number of carbonyl (C=O) groups is 1. The maximum atomic E-state index is 10.1. The Bertz CT molecular complexity index is 105. The van der Waals surface area contributed by atoms with Crippen molar-refractivity contribution in [3.05, 3.63) is 0 Å². The number of nitrogens with zero attached hydrogens (tertiary/aromatic N) is 1. The Kier molecular flexibility index (Phi) is 12.2. The van der Waals surface area contributed by atoms with Crippen molar-refractivity contribution in [2.24, 2.45) is 0 Å². The van der Waals surface area contributed by atoms with Crippen molar-refractivity contribution in [1.82, 2.24) is 4.90 Å². The molecule has 0 spiro atoms. The fourth-order valence-electron chi connectivity index (χ4n) is 0.738. The third-order valence-corrected chi connectivity index (χ3v) is 1.30. The molecular weight excluding hydrogens is 154 g/mol. The smallest absolute Gasteiger partial charge is 0.317 e. The standard InChI is InChI=1S/C7H15NO2.C2H6/c1-3-4-5-8(2)6-7(9)10;1-2/h3-6H2,1-2H3,(H,9,10);1-2H3. The Morgan fingerprint density at radius 2 is 1.92 bits per heavy atom. The van der Waals surface area contributed by atoms with Crippen molar-refractivity contribution < 1.29 is 9.90 Å². The van der Waals surface area contributed by atoms with E-state index in [1.165, 1.54) is 0 Å². The molecule has 12 heavy (non-hydrogen) atoms. The molecule has 0 aromatic heterocycles. The Morgan fingerprint density at radius 3 is 2.25 bits per heavy atom. The molecule has 0 fully saturated rings. The van der Waals surface area contributed by atoms with Crippen molar-refractivity contribution in [2.45, 2.75) is 33.6 Å². The van der Waals surface area contributed by atoms with Crippen molar-refractivity contribution in [3.8, 4) is 0 Å². The van der Waals surface area contributed by atoms with Gasteiger partial charge in [-0.15, -0.1) is 0 Å². The molecule has 0 aliphatic heterocycles. The number of unbranched alkanes of at least 4 members (excludes halogenated alkanes) is 1. The van der Waals surface area contributed by atoms with E-state index in [9.17, 15) is 4.79 Å². The van der Waals surface area contributed by atoms with Crippen LogP contribution in [0.5, 0.6) is 0 Å². The molecule has 3 heteroatoms. The first-order chi connectivity index (χ1) is 5.66. The highest BCUT2D eigenvalue weighted by molar-refractivity contribution is 5.68. The van der Waals surface area contributed by atoms with Gasteiger partial charge in [-0.2, -0.15) is 0 Å². The van der Waals surface area contributed by atoms with Gasteiger partial charge < -0.3 is 5.11 Å². The van der Waals surface area contributed by atoms with E-state index >= 15 is 0 Å². The van der Waals surface area contributed by atoms with Gasteiger partial charge in [0.15, 0.2) is 0 Å². The predicted molar refractivity (Wildman–Crippen MR) is 51.4 cm³/mol. The van der Waals surface area contributed by atoms with Gasteiger partial charge in [-0.3, -0.25) is 9.69 Å². The highest BCUT2D eigenvalue weighted by atomic mass is 16.4. The van der Waals surface area contributed by atoms with E-state index in [1.807, 2.05) is 25.8 Å². The minimum Gasteiger partial charge on any atom is -0.480 e. The number of hydrogen-bond acceptors (Lipinski definition) is 2. The molecule has 1 N–H and O–H groups in total. The maximum Gasteiger partial charge on any atom is 0.317 e. The summed E-state index contributed by atoms with van der Waals surface area (Å²) in [5, 5.41) is 8.34. The molecular formula is C9H21NO2. The third kappa shape index (κ3) is 12.1. The van der Waals surface area contributed by atoms with Crippen LogP contribution in [0.3, 0.4) is 0 Å². The number of carboxylic acids is 1. The average molecular weight is 175 g/mol. The normalized spacial score (nSPS) is 9.08. The number of carboxylic acid groups (broad SMARTS) is 1. The van der Waals surface area contributed by atoms with Crippen LogP contribution in [-0.2, 0) is 4.79 Å². The minimum absolute atomic E-state index is 0.153. The van der Waals surface area contributed by atoms with Crippen molar-refractivity contribution in [1.29, 1.82) is 0 Å². The summed E-state index contributed by atoms with van der Waals surface area (Å²) >= 11 is 0. The highest BCUT2D eigenvalue weighted by Gasteiger charge is 2.01. The molecule has 0 radical (unpaired) electrons. The number of rotatable bonds is 5. The molecule has 0 unspecified atom stereocenters. The molecule has 0 aliphatic rings. The van der Waals surface area contributed by atoms with Crippen molar-refractivity contribution in [3.63, 3.8) is 0 Å². The van der Waals surface area contributed by atoms with Gasteiger partial charge in [0.05, 0.1) is 6.54 Å². The zero-order valence-corrected chi connectivity index (χ0v) is 8.63. The summed E-state index contributed by atoms with van der Waals surface area (Å²) in [5.41, 5.74) is 0. The maximum absolute atomic E-state index is 10.1. The fraction of sp³-hybridized carbons (Fsp3) is 0.889. The zero-order valence-electron chi connectivity index (χ0n) is 8.63. The van der Waals surface area contributed by atoms with Gasteiger partial charge in [-0.25, -0.2) is 0 Å². The topological polar surface area (TPSA) is 40.5 Å². The molecule has 0 saturated heterocycles. The van der Waals surface area contributed by atoms with Crippen LogP contribution in [0.15, 0.2) is 0 Å². The summed E-state index contributed by atoms with van der Waals surface area (Å²) < 4.78 is 0. The number of hydrogen-bond donors (Lipinski definition) is 1. The lowest BCUT2D eigenvalue weighted by Gasteiger charge is -2.11. The highest BCUT2D eigenvalue weighted by Crippen LogP contribution is 1.90. The predicted octanol–water partition coefficient (Wildman–Crippen LogP) is 1.83. The monoisotopic (exact) mass is 175 g/mol. The van der Waals surface area contributed by atoms with E-state index in [1.54, 1.807) is 0 Å². The second kappa shape index (κ2) is 10.4. The molecule has 0 amide bonds. The lowest BCUT2D eigenvalue weighted by atomic mass is 10.3. The second-order valence-corrected chi connectivity index (χ2v) is 2.49. The van der Waals surface area contributed by atoms with E-state index in [-0.39, 0.29) is 6.54 Å². The van der Waals surface area contributed by atoms with Crippen LogP contribution in [-0.4, -0.2) is 36.1 Å². The van der Waals surface area contributed by atoms with E-state index in [2.05, 4.69) is 6.92 Å². The third-order valence-electron chi connectivity index (χ3n) is 1.30. The number of likely N-dealkylation sites (N-methyl/N-ethyl adjacent to an activating group) is 1. The molecule has 0 atom stereocenters. The van der Waals surface area contributed by atoms with E-state index in [0.717, 1.165) is 19.4 Å². The van der Waals surface area contributed by atoms with Crippen molar-refractivity contribution in [2.75, 3.05) is 20.1 Å². The summed E-state index contributed by atoms with van der Waals surface area (Å²) in [6, 6.07) is 0. The Balaban J connectivity index is 0. The summed E-state index contributed by atoms with van der Waals surface area (Å²) in [5.74, 6) is -0.751. The number of aliphatic carboxylic acids is 1. The van der Waals surface area contributed by atoms with Crippen LogP contribution in [0.2, 0.25) is 0 Å². The van der Waals surface area contributed by atoms with Gasteiger partial charge in [0.1, 0.15) is 0 Å². The molecule has 0 rings (SSSR count). The molecule has 3 nitrogen and oxygen atoms in total. The zero-order chi connectivity index (χ0) is 9.98. The minimum atomic E-state index is -0.751. The molecule has 0 aromatic carbocycles. The molecule has 0 heterocycles. The summed E-state index contributed by atoms with van der Waals surface area (Å²) in [4.78, 5) is 11.9. The van der Waals surface area contributed by atoms with Gasteiger partial charge in [0, 0.05) is 0 Å². The summed E-state index contributed by atoms with van der Waals surface area (Å²) in [6.45, 7) is 7.12. The Hall–Kier alpha value is -0.570. The molecule has 0 bridgehead atoms. The van der Waals surface area contributed by atoms with Gasteiger partial charge in [-0.05, 0) is 20.0 Å². The first kappa shape index (κ1) is 14.0. The fourth-order valence-corrected chi connectivity index (χ4v) is 0.738. The van der Waals surface area contributed by atoms with Crippen LogP contribution in [0, 0.1) is 0 Å². The average Bonchev–Trinajstić information content (AvgIpc) is 2.03. The van der Waals surface area contributed by atoms with Gasteiger partial charge >= 0.3 is 5.97 Å². The Labute approximate surface area is 75.4 Å². The van der Waals surface area contributed by atoms with Crippen LogP contribution >= 0.6 is 0 Å². The summed E-state index contributed by atoms with van der Waals surface area (Å²) in [7, 11) is 1.82. The van der Waals surface area contributed by atoms with Crippen molar-refractivity contribution >= 4 is 5.97 Å². The lowest BCUT2D eigenvalue weighted by Crippen LogP contribution is -2.26. The first-order valence-corrected chi connectivity index (χ1v) is 4.57. The van der Waals surface area contributed by atoms with Gasteiger partial charge in [-0.1, -0.05) is 27.2 Å². The van der Waals surface area contributed by atoms with Gasteiger partial charge in [0.25, 0.3) is 0 Å². The van der Waals surface area contributed by atoms with Crippen LogP contribution in [0.4, 0.5) is 0 Å².